The molecule has 4 aromatic rings. The lowest BCUT2D eigenvalue weighted by atomic mass is 9.87. The summed E-state index contributed by atoms with van der Waals surface area (Å²) in [6, 6.07) is 30.6. The molecule has 0 radical (unpaired) electrons. The van der Waals surface area contributed by atoms with E-state index in [1.54, 1.807) is 17.3 Å². The number of allylic oxidation sites excluding steroid dienone is 1. The van der Waals surface area contributed by atoms with Crippen LogP contribution in [0.3, 0.4) is 0 Å². The summed E-state index contributed by atoms with van der Waals surface area (Å²) < 4.78 is 29.5. The predicted molar refractivity (Wildman–Crippen MR) is 236 cm³/mol. The molecular formula is C44H55ClN6O4S2. The fourth-order valence-corrected chi connectivity index (χ4v) is 9.52. The molecule has 1 atom stereocenters. The summed E-state index contributed by atoms with van der Waals surface area (Å²) in [5.41, 5.74) is 6.27. The summed E-state index contributed by atoms with van der Waals surface area (Å²) in [4.78, 5) is 19.9. The van der Waals surface area contributed by atoms with Crippen LogP contribution in [0.2, 0.25) is 5.02 Å². The van der Waals surface area contributed by atoms with Crippen LogP contribution in [0, 0.1) is 10.1 Å². The molecule has 2 N–H and O–H groups in total. The van der Waals surface area contributed by atoms with E-state index in [9.17, 15) is 18.5 Å². The van der Waals surface area contributed by atoms with Crippen LogP contribution in [0.25, 0.3) is 5.57 Å². The first kappa shape index (κ1) is 42.7. The molecule has 1 heterocycles. The van der Waals surface area contributed by atoms with Crippen molar-refractivity contribution in [2.24, 2.45) is 0 Å². The molecule has 1 fully saturated rings. The molecule has 13 heteroatoms. The number of hydrogen-bond acceptors (Lipinski definition) is 9. The Hall–Kier alpha value is -3.91. The summed E-state index contributed by atoms with van der Waals surface area (Å²) in [7, 11) is -1.97. The zero-order chi connectivity index (χ0) is 40.4. The van der Waals surface area contributed by atoms with Gasteiger partial charge in [-0.1, -0.05) is 59.6 Å². The highest BCUT2D eigenvalue weighted by atomic mass is 35.5. The zero-order valence-corrected chi connectivity index (χ0v) is 35.6. The van der Waals surface area contributed by atoms with Crippen molar-refractivity contribution in [1.29, 1.82) is 0 Å². The lowest BCUT2D eigenvalue weighted by Crippen LogP contribution is -2.47. The second-order valence-electron chi connectivity index (χ2n) is 15.3. The lowest BCUT2D eigenvalue weighted by molar-refractivity contribution is -0.384. The number of thioether (sulfide) groups is 1. The van der Waals surface area contributed by atoms with Crippen LogP contribution in [-0.2, 0) is 16.6 Å². The van der Waals surface area contributed by atoms with Crippen molar-refractivity contribution in [3.63, 3.8) is 0 Å². The van der Waals surface area contributed by atoms with E-state index in [4.69, 9.17) is 11.6 Å². The molecule has 1 aliphatic carbocycles. The number of nitro benzene ring substituents is 1. The zero-order valence-electron chi connectivity index (χ0n) is 33.2. The van der Waals surface area contributed by atoms with Crippen LogP contribution in [0.1, 0.15) is 57.1 Å². The third kappa shape index (κ3) is 12.1. The summed E-state index contributed by atoms with van der Waals surface area (Å²) in [6.45, 7) is 9.92. The van der Waals surface area contributed by atoms with Gasteiger partial charge in [0.1, 0.15) is 5.69 Å². The molecule has 0 saturated carbocycles. The van der Waals surface area contributed by atoms with Gasteiger partial charge in [0.15, 0.2) is 0 Å². The van der Waals surface area contributed by atoms with Crippen LogP contribution >= 0.6 is 23.4 Å². The van der Waals surface area contributed by atoms with Crippen LogP contribution in [0.4, 0.5) is 17.1 Å². The van der Waals surface area contributed by atoms with Gasteiger partial charge in [-0.25, -0.2) is 13.1 Å². The van der Waals surface area contributed by atoms with Crippen molar-refractivity contribution < 1.29 is 13.3 Å². The molecule has 2 aliphatic rings. The molecule has 0 amide bonds. The number of nitro groups is 1. The van der Waals surface area contributed by atoms with E-state index in [1.807, 2.05) is 66.7 Å². The highest BCUT2D eigenvalue weighted by molar-refractivity contribution is 7.99. The van der Waals surface area contributed by atoms with Gasteiger partial charge in [-0.15, -0.1) is 11.8 Å². The Kier molecular flexibility index (Phi) is 15.1. The molecule has 1 aliphatic heterocycles. The smallest absolute Gasteiger partial charge is 0.293 e. The molecule has 0 bridgehead atoms. The maximum Gasteiger partial charge on any atom is 0.293 e. The minimum atomic E-state index is -4.03. The summed E-state index contributed by atoms with van der Waals surface area (Å²) >= 11 is 7.84. The number of piperazine rings is 1. The summed E-state index contributed by atoms with van der Waals surface area (Å²) in [5.74, 6) is 0.689. The van der Waals surface area contributed by atoms with E-state index in [1.165, 1.54) is 36.1 Å². The minimum absolute atomic E-state index is 0.0669. The van der Waals surface area contributed by atoms with Crippen LogP contribution in [0.5, 0.6) is 0 Å². The van der Waals surface area contributed by atoms with E-state index in [2.05, 4.69) is 57.8 Å². The highest BCUT2D eigenvalue weighted by Crippen LogP contribution is 2.34. The largest absolute Gasteiger partial charge is 0.376 e. The average molecular weight is 832 g/mol. The van der Waals surface area contributed by atoms with Crippen molar-refractivity contribution in [2.75, 3.05) is 62.3 Å². The molecule has 0 spiro atoms. The normalized spacial score (nSPS) is 16.0. The summed E-state index contributed by atoms with van der Waals surface area (Å²) in [6.07, 6.45) is 5.50. The first-order valence-electron chi connectivity index (χ1n) is 19.9. The Bertz CT molecular complexity index is 2070. The molecule has 57 heavy (non-hydrogen) atoms. The van der Waals surface area contributed by atoms with E-state index >= 15 is 0 Å². The molecule has 0 unspecified atom stereocenters. The number of sulfonamides is 1. The predicted octanol–water partition coefficient (Wildman–Crippen LogP) is 9.18. The number of rotatable bonds is 18. The Morgan fingerprint density at radius 2 is 1.61 bits per heavy atom. The van der Waals surface area contributed by atoms with Gasteiger partial charge >= 0.3 is 0 Å². The van der Waals surface area contributed by atoms with Crippen molar-refractivity contribution >= 4 is 56.0 Å². The van der Waals surface area contributed by atoms with E-state index in [0.29, 0.717) is 17.5 Å². The SMILES string of the molecule is CC(C)N(C)CC[C@H](CSc1ccccc1)Nc1ccc(S(=O)(=O)NCc2ccc(N3CCN(CC4=C(c5ccc(Cl)cc5)CCCC4)CC3)cc2)cc1[N+](=O)[O-]. The second-order valence-corrected chi connectivity index (χ2v) is 18.6. The van der Waals surface area contributed by atoms with Crippen molar-refractivity contribution in [3.8, 4) is 0 Å². The van der Waals surface area contributed by atoms with Gasteiger partial charge in [-0.3, -0.25) is 15.0 Å². The van der Waals surface area contributed by atoms with Gasteiger partial charge in [-0.05, 0) is 118 Å². The monoisotopic (exact) mass is 830 g/mol. The van der Waals surface area contributed by atoms with Gasteiger partial charge in [0.2, 0.25) is 10.0 Å². The van der Waals surface area contributed by atoms with Gasteiger partial charge < -0.3 is 15.1 Å². The minimum Gasteiger partial charge on any atom is -0.376 e. The van der Waals surface area contributed by atoms with E-state index in [-0.39, 0.29) is 23.2 Å². The van der Waals surface area contributed by atoms with Crippen LogP contribution < -0.4 is 14.9 Å². The number of benzene rings is 4. The van der Waals surface area contributed by atoms with Crippen LogP contribution in [0.15, 0.2) is 112 Å². The number of nitrogens with zero attached hydrogens (tertiary/aromatic N) is 4. The summed E-state index contributed by atoms with van der Waals surface area (Å²) in [5, 5.41) is 16.4. The number of hydrogen-bond donors (Lipinski definition) is 2. The Morgan fingerprint density at radius 3 is 2.30 bits per heavy atom. The number of halogens is 1. The molecule has 4 aromatic carbocycles. The first-order chi connectivity index (χ1) is 27.4. The van der Waals surface area contributed by atoms with E-state index in [0.717, 1.165) is 85.8 Å². The van der Waals surface area contributed by atoms with Gasteiger partial charge in [0.05, 0.1) is 9.82 Å². The molecule has 304 valence electrons. The van der Waals surface area contributed by atoms with Crippen molar-refractivity contribution in [1.82, 2.24) is 14.5 Å². The highest BCUT2D eigenvalue weighted by Gasteiger charge is 2.25. The van der Waals surface area contributed by atoms with Gasteiger partial charge in [0, 0.05) is 85.3 Å². The third-order valence-corrected chi connectivity index (χ3v) is 13.9. The Balaban J connectivity index is 1.04. The Labute approximate surface area is 347 Å². The van der Waals surface area contributed by atoms with Crippen molar-refractivity contribution in [2.45, 2.75) is 74.4 Å². The molecule has 10 nitrogen and oxygen atoms in total. The molecule has 1 saturated heterocycles. The number of anilines is 2. The van der Waals surface area contributed by atoms with Gasteiger partial charge in [-0.2, -0.15) is 0 Å². The average Bonchev–Trinajstić information content (AvgIpc) is 3.22. The topological polar surface area (TPSA) is 111 Å². The Morgan fingerprint density at radius 1 is 0.912 bits per heavy atom. The quantitative estimate of drug-likeness (QED) is 0.0576. The van der Waals surface area contributed by atoms with Gasteiger partial charge in [0.25, 0.3) is 5.69 Å². The molecule has 6 rings (SSSR count). The second kappa shape index (κ2) is 20.2. The fourth-order valence-electron chi connectivity index (χ4n) is 7.36. The number of nitrogens with one attached hydrogen (secondary N) is 2. The maximum atomic E-state index is 13.4. The fraction of sp³-hybridized carbons (Fsp3) is 0.409. The van der Waals surface area contributed by atoms with Crippen LogP contribution in [-0.4, -0.2) is 87.3 Å². The standard InChI is InChI=1S/C44H55ClN6O4S2/c1-33(2)48(3)24-23-38(32-56-40-10-5-4-6-11-40)47-43-22-21-41(29-44(43)51(52)53)57(54,55)46-30-34-13-19-39(20-14-34)50-27-25-49(26-28-50)31-36-9-7-8-12-42(36)35-15-17-37(45)18-16-35/h4-6,10-11,13-22,29,33,38,46-47H,7-9,12,23-28,30-32H2,1-3H3/t38-/m1/s1. The molecule has 0 aromatic heterocycles. The third-order valence-electron chi connectivity index (χ3n) is 11.1. The van der Waals surface area contributed by atoms with Crippen molar-refractivity contribution in [3.05, 3.63) is 129 Å². The lowest BCUT2D eigenvalue weighted by Gasteiger charge is -2.37. The van der Waals surface area contributed by atoms with E-state index < -0.39 is 14.9 Å². The first-order valence-corrected chi connectivity index (χ1v) is 22.8. The maximum absolute atomic E-state index is 13.4. The molecular weight excluding hydrogens is 776 g/mol.